The van der Waals surface area contributed by atoms with E-state index in [1.165, 1.54) is 13.0 Å². The smallest absolute Gasteiger partial charge is 0.302 e. The average Bonchev–Trinajstić information content (AvgIpc) is 3.10. The first-order valence-corrected chi connectivity index (χ1v) is 16.9. The molecular formula is C39H41NO8. The molecule has 0 amide bonds. The van der Waals surface area contributed by atoms with Crippen LogP contribution < -0.4 is 9.47 Å². The molecule has 2 aliphatic carbocycles. The first-order valence-electron chi connectivity index (χ1n) is 16.9. The van der Waals surface area contributed by atoms with Crippen molar-refractivity contribution in [3.05, 3.63) is 83.7 Å². The zero-order valence-corrected chi connectivity index (χ0v) is 27.0. The van der Waals surface area contributed by atoms with Gasteiger partial charge in [0, 0.05) is 49.9 Å². The molecule has 250 valence electrons. The van der Waals surface area contributed by atoms with E-state index in [0.717, 1.165) is 36.8 Å². The van der Waals surface area contributed by atoms with Crippen LogP contribution in [0.3, 0.4) is 0 Å². The molecule has 1 saturated carbocycles. The number of aromatic nitrogens is 1. The minimum absolute atomic E-state index is 0.0528. The molecule has 2 fully saturated rings. The van der Waals surface area contributed by atoms with Crippen LogP contribution in [0.2, 0.25) is 0 Å². The van der Waals surface area contributed by atoms with Gasteiger partial charge in [-0.2, -0.15) is 0 Å². The maximum Gasteiger partial charge on any atom is 0.302 e. The summed E-state index contributed by atoms with van der Waals surface area (Å²) in [6.07, 6.45) is 11.7. The number of esters is 1. The van der Waals surface area contributed by atoms with E-state index in [0.29, 0.717) is 30.6 Å². The molecular weight excluding hydrogens is 610 g/mol. The molecule has 4 aliphatic rings. The number of nitrogens with zero attached hydrogens (tertiary/aromatic N) is 1. The number of phenolic OH excluding ortho intramolecular Hbond substituents is 3. The Balaban J connectivity index is 1.21. The van der Waals surface area contributed by atoms with Gasteiger partial charge < -0.3 is 34.3 Å². The largest absolute Gasteiger partial charge is 0.504 e. The van der Waals surface area contributed by atoms with Crippen LogP contribution in [-0.4, -0.2) is 51.2 Å². The number of aromatic hydroxyl groups is 3. The van der Waals surface area contributed by atoms with Crippen molar-refractivity contribution in [2.75, 3.05) is 6.61 Å². The Bertz CT molecular complexity index is 1730. The van der Waals surface area contributed by atoms with Crippen LogP contribution in [-0.2, 0) is 27.1 Å². The Hall–Kier alpha value is -4.68. The highest BCUT2D eigenvalue weighted by atomic mass is 16.6. The summed E-state index contributed by atoms with van der Waals surface area (Å²) in [7, 11) is 0. The van der Waals surface area contributed by atoms with Crippen molar-refractivity contribution < 1.29 is 39.1 Å². The van der Waals surface area contributed by atoms with Gasteiger partial charge in [-0.05, 0) is 72.7 Å². The molecule has 3 aromatic rings. The summed E-state index contributed by atoms with van der Waals surface area (Å²) in [5, 5.41) is 32.1. The lowest BCUT2D eigenvalue weighted by Gasteiger charge is -2.47. The lowest BCUT2D eigenvalue weighted by Crippen LogP contribution is -2.49. The van der Waals surface area contributed by atoms with E-state index in [1.807, 2.05) is 24.3 Å². The Morgan fingerprint density at radius 3 is 2.75 bits per heavy atom. The van der Waals surface area contributed by atoms with Crippen LogP contribution in [0.4, 0.5) is 0 Å². The van der Waals surface area contributed by atoms with Crippen molar-refractivity contribution in [1.29, 1.82) is 0 Å². The molecule has 3 heterocycles. The predicted molar refractivity (Wildman–Crippen MR) is 177 cm³/mol. The maximum absolute atomic E-state index is 12.4. The number of fused-ring (bicyclic) bond motifs is 6. The number of benzene rings is 2. The molecule has 7 rings (SSSR count). The molecule has 1 saturated heterocycles. The van der Waals surface area contributed by atoms with Crippen molar-refractivity contribution in [3.8, 4) is 40.6 Å². The summed E-state index contributed by atoms with van der Waals surface area (Å²) in [4.78, 5) is 16.5. The molecule has 0 unspecified atom stereocenters. The second-order valence-electron chi connectivity index (χ2n) is 13.3. The molecule has 3 N–H and O–H groups in total. The van der Waals surface area contributed by atoms with Crippen LogP contribution in [0.25, 0.3) is 0 Å². The molecule has 48 heavy (non-hydrogen) atoms. The van der Waals surface area contributed by atoms with Gasteiger partial charge in [0.15, 0.2) is 23.0 Å². The van der Waals surface area contributed by atoms with Crippen molar-refractivity contribution >= 4 is 5.97 Å². The Kier molecular flexibility index (Phi) is 9.18. The molecule has 9 nitrogen and oxygen atoms in total. The van der Waals surface area contributed by atoms with E-state index in [2.05, 4.69) is 29.0 Å². The van der Waals surface area contributed by atoms with Gasteiger partial charge in [-0.1, -0.05) is 42.5 Å². The summed E-state index contributed by atoms with van der Waals surface area (Å²) in [5.41, 5.74) is 2.58. The molecule has 2 bridgehead atoms. The lowest BCUT2D eigenvalue weighted by molar-refractivity contribution is -0.179. The van der Waals surface area contributed by atoms with Crippen molar-refractivity contribution in [3.63, 3.8) is 0 Å². The van der Waals surface area contributed by atoms with Gasteiger partial charge in [-0.3, -0.25) is 9.78 Å². The van der Waals surface area contributed by atoms with Crippen LogP contribution in [0.1, 0.15) is 61.8 Å². The molecule has 0 radical (unpaired) electrons. The van der Waals surface area contributed by atoms with E-state index in [9.17, 15) is 20.1 Å². The highest BCUT2D eigenvalue weighted by Crippen LogP contribution is 2.48. The average molecular weight is 652 g/mol. The second-order valence-corrected chi connectivity index (χ2v) is 13.3. The van der Waals surface area contributed by atoms with E-state index >= 15 is 0 Å². The van der Waals surface area contributed by atoms with Gasteiger partial charge in [-0.25, -0.2) is 0 Å². The van der Waals surface area contributed by atoms with Crippen LogP contribution in [0.15, 0.2) is 67.0 Å². The SMILES string of the molecule is CC(=O)O[C@H]1C[C@@H](c2cc(O)c(O)c(OCCc3cccnc3)c2)O[C@@H]2[C@@H]1C=C[C@@H]1C#C[C@@H]3CCCC[C@H]3Oc3cc(ccc3O)C[C@H]21. The third kappa shape index (κ3) is 6.81. The standard InChI is InChI=1S/C39H41NO8/c1-23(41)46-35-21-34(28-19-32(43)38(44)37(20-28)45-16-14-24-5-4-15-40-22-24)48-39-29(35)12-11-26-9-10-27-6-2-3-7-33(27)47-36-18-25(17-30(26)39)8-13-31(36)42/h4-5,8,11-13,15,18-20,22,26-27,29-30,33-35,39,42-44H,2-3,6-7,14,16-17,21H2,1H3/t26-,27-,29+,30-,33+,34-,35-,39+/m0/s1. The zero-order chi connectivity index (χ0) is 33.2. The van der Waals surface area contributed by atoms with Crippen molar-refractivity contribution in [2.45, 2.75) is 76.3 Å². The minimum atomic E-state index is -0.567. The normalized spacial score (nSPS) is 28.9. The predicted octanol–water partition coefficient (Wildman–Crippen LogP) is 6.20. The summed E-state index contributed by atoms with van der Waals surface area (Å²) >= 11 is 0. The van der Waals surface area contributed by atoms with Crippen LogP contribution in [0, 0.1) is 35.5 Å². The molecule has 2 aromatic carbocycles. The number of hydrogen-bond acceptors (Lipinski definition) is 9. The minimum Gasteiger partial charge on any atom is -0.504 e. The van der Waals surface area contributed by atoms with Crippen LogP contribution >= 0.6 is 0 Å². The van der Waals surface area contributed by atoms with Crippen LogP contribution in [0.5, 0.6) is 28.7 Å². The molecule has 1 aromatic heterocycles. The van der Waals surface area contributed by atoms with E-state index in [1.54, 1.807) is 24.5 Å². The summed E-state index contributed by atoms with van der Waals surface area (Å²) in [6, 6.07) is 12.5. The Labute approximate surface area is 280 Å². The quantitative estimate of drug-likeness (QED) is 0.124. The number of hydrogen-bond donors (Lipinski definition) is 3. The number of carbonyl (C=O) groups excluding carboxylic acids is 1. The fourth-order valence-corrected chi connectivity index (χ4v) is 7.64. The van der Waals surface area contributed by atoms with Gasteiger partial charge in [0.05, 0.1) is 24.7 Å². The highest BCUT2D eigenvalue weighted by molar-refractivity contribution is 5.66. The summed E-state index contributed by atoms with van der Waals surface area (Å²) in [5.74, 6) is 6.43. The zero-order valence-electron chi connectivity index (χ0n) is 27.0. The molecule has 0 spiro atoms. The van der Waals surface area contributed by atoms with E-state index < -0.39 is 12.2 Å². The monoisotopic (exact) mass is 651 g/mol. The fourth-order valence-electron chi connectivity index (χ4n) is 7.64. The maximum atomic E-state index is 12.4. The van der Waals surface area contributed by atoms with Gasteiger partial charge in [-0.15, -0.1) is 0 Å². The first-order chi connectivity index (χ1) is 23.3. The number of pyridine rings is 1. The Morgan fingerprint density at radius 1 is 1.04 bits per heavy atom. The highest BCUT2D eigenvalue weighted by Gasteiger charge is 2.47. The lowest BCUT2D eigenvalue weighted by atomic mass is 9.70. The fraction of sp³-hybridized carbons (Fsp3) is 0.436. The summed E-state index contributed by atoms with van der Waals surface area (Å²) < 4.78 is 25.2. The third-order valence-electron chi connectivity index (χ3n) is 10.0. The number of carbonyl (C=O) groups is 1. The number of rotatable bonds is 6. The van der Waals surface area contributed by atoms with Gasteiger partial charge in [0.2, 0.25) is 5.75 Å². The third-order valence-corrected chi connectivity index (χ3v) is 10.0. The van der Waals surface area contributed by atoms with Gasteiger partial charge in [0.25, 0.3) is 0 Å². The van der Waals surface area contributed by atoms with Gasteiger partial charge in [0.1, 0.15) is 12.2 Å². The number of ether oxygens (including phenoxy) is 4. The van der Waals surface area contributed by atoms with Gasteiger partial charge >= 0.3 is 5.97 Å². The Morgan fingerprint density at radius 2 is 1.92 bits per heavy atom. The van der Waals surface area contributed by atoms with E-state index in [-0.39, 0.29) is 71.5 Å². The topological polar surface area (TPSA) is 128 Å². The van der Waals surface area contributed by atoms with Crippen molar-refractivity contribution in [2.24, 2.45) is 23.7 Å². The summed E-state index contributed by atoms with van der Waals surface area (Å²) in [6.45, 7) is 1.67. The molecule has 2 aliphatic heterocycles. The molecule has 8 atom stereocenters. The molecule has 9 heteroatoms. The number of allylic oxidation sites excluding steroid dienone is 1. The van der Waals surface area contributed by atoms with E-state index in [4.69, 9.17) is 18.9 Å². The number of phenols is 3. The second kappa shape index (κ2) is 13.8. The first kappa shape index (κ1) is 31.9. The van der Waals surface area contributed by atoms with Crippen molar-refractivity contribution in [1.82, 2.24) is 4.98 Å².